The Labute approximate surface area is 82.0 Å². The van der Waals surface area contributed by atoms with Crippen LogP contribution in [0.25, 0.3) is 11.0 Å². The van der Waals surface area contributed by atoms with Crippen LogP contribution in [0.1, 0.15) is 0 Å². The maximum atomic E-state index is 11.5. The first-order chi connectivity index (χ1) is 5.79. The second-order valence-electron chi connectivity index (χ2n) is 2.37. The van der Waals surface area contributed by atoms with Crippen molar-refractivity contribution < 1.29 is 0 Å². The Morgan fingerprint density at radius 1 is 1.50 bits per heavy atom. The lowest BCUT2D eigenvalue weighted by atomic mass is 10.3. The molecule has 60 valence electrons. The number of fused-ring (bicyclic) bond motifs is 1. The standard InChI is InChI=1S/C8H5IN2O/c9-6-4-11-8-5(7(6)12)2-1-3-10-8/h1-4H,(H,10,11,12). The lowest BCUT2D eigenvalue weighted by Gasteiger charge is -1.95. The van der Waals surface area contributed by atoms with Crippen LogP contribution in [-0.2, 0) is 0 Å². The predicted octanol–water partition coefficient (Wildman–Crippen LogP) is 1.53. The molecule has 0 fully saturated rings. The molecule has 0 saturated heterocycles. The van der Waals surface area contributed by atoms with Gasteiger partial charge in [0.1, 0.15) is 5.65 Å². The van der Waals surface area contributed by atoms with Gasteiger partial charge in [-0.1, -0.05) is 0 Å². The van der Waals surface area contributed by atoms with Crippen molar-refractivity contribution in [1.82, 2.24) is 9.97 Å². The Morgan fingerprint density at radius 2 is 2.33 bits per heavy atom. The zero-order valence-corrected chi connectivity index (χ0v) is 8.20. The summed E-state index contributed by atoms with van der Waals surface area (Å²) < 4.78 is 0.688. The second kappa shape index (κ2) is 2.85. The van der Waals surface area contributed by atoms with Gasteiger partial charge < -0.3 is 4.98 Å². The van der Waals surface area contributed by atoms with Crippen LogP contribution in [0, 0.1) is 3.57 Å². The van der Waals surface area contributed by atoms with Gasteiger partial charge in [0, 0.05) is 12.4 Å². The topological polar surface area (TPSA) is 45.8 Å². The highest BCUT2D eigenvalue weighted by Gasteiger charge is 2.00. The highest BCUT2D eigenvalue weighted by Crippen LogP contribution is 2.04. The number of aromatic amines is 1. The number of halogens is 1. The van der Waals surface area contributed by atoms with Crippen LogP contribution in [0.5, 0.6) is 0 Å². The Morgan fingerprint density at radius 3 is 3.17 bits per heavy atom. The third-order valence-electron chi connectivity index (χ3n) is 1.60. The van der Waals surface area contributed by atoms with Crippen molar-refractivity contribution in [3.05, 3.63) is 38.3 Å². The molecule has 3 nitrogen and oxygen atoms in total. The molecule has 4 heteroatoms. The predicted molar refractivity (Wildman–Crippen MR) is 55.1 cm³/mol. The van der Waals surface area contributed by atoms with Crippen molar-refractivity contribution >= 4 is 33.6 Å². The molecule has 0 aliphatic carbocycles. The van der Waals surface area contributed by atoms with E-state index in [4.69, 9.17) is 0 Å². The van der Waals surface area contributed by atoms with Crippen molar-refractivity contribution in [2.45, 2.75) is 0 Å². The van der Waals surface area contributed by atoms with Crippen LogP contribution in [-0.4, -0.2) is 9.97 Å². The molecule has 0 atom stereocenters. The van der Waals surface area contributed by atoms with E-state index in [0.717, 1.165) is 0 Å². The quantitative estimate of drug-likeness (QED) is 0.739. The number of hydrogen-bond acceptors (Lipinski definition) is 2. The molecule has 1 N–H and O–H groups in total. The van der Waals surface area contributed by atoms with Gasteiger partial charge in [-0.15, -0.1) is 0 Å². The van der Waals surface area contributed by atoms with E-state index >= 15 is 0 Å². The Hall–Kier alpha value is -0.910. The zero-order valence-electron chi connectivity index (χ0n) is 6.04. The van der Waals surface area contributed by atoms with Crippen LogP contribution < -0.4 is 5.43 Å². The number of rotatable bonds is 0. The van der Waals surface area contributed by atoms with E-state index in [9.17, 15) is 4.79 Å². The van der Waals surface area contributed by atoms with Crippen LogP contribution in [0.2, 0.25) is 0 Å². The molecule has 12 heavy (non-hydrogen) atoms. The molecule has 2 heterocycles. The summed E-state index contributed by atoms with van der Waals surface area (Å²) in [5.41, 5.74) is 0.681. The molecular weight excluding hydrogens is 267 g/mol. The summed E-state index contributed by atoms with van der Waals surface area (Å²) >= 11 is 2.00. The molecule has 2 rings (SSSR count). The Kier molecular flexibility index (Phi) is 1.84. The largest absolute Gasteiger partial charge is 0.345 e. The first kappa shape index (κ1) is 7.72. The fourth-order valence-corrected chi connectivity index (χ4v) is 1.48. The molecule has 0 aromatic carbocycles. The number of aromatic nitrogens is 2. The summed E-state index contributed by atoms with van der Waals surface area (Å²) in [5.74, 6) is 0. The summed E-state index contributed by atoms with van der Waals surface area (Å²) in [6.45, 7) is 0. The first-order valence-corrected chi connectivity index (χ1v) is 4.49. The smallest absolute Gasteiger partial charge is 0.204 e. The van der Waals surface area contributed by atoms with Crippen molar-refractivity contribution in [1.29, 1.82) is 0 Å². The van der Waals surface area contributed by atoms with Gasteiger partial charge in [0.15, 0.2) is 0 Å². The maximum Gasteiger partial charge on any atom is 0.204 e. The molecule has 0 unspecified atom stereocenters. The minimum atomic E-state index is 0.0393. The van der Waals surface area contributed by atoms with E-state index in [0.29, 0.717) is 14.6 Å². The minimum absolute atomic E-state index is 0.0393. The lowest BCUT2D eigenvalue weighted by Crippen LogP contribution is -2.06. The lowest BCUT2D eigenvalue weighted by molar-refractivity contribution is 1.26. The van der Waals surface area contributed by atoms with Crippen molar-refractivity contribution in [2.24, 2.45) is 0 Å². The van der Waals surface area contributed by atoms with Gasteiger partial charge in [0.05, 0.1) is 8.96 Å². The molecule has 0 aliphatic rings. The van der Waals surface area contributed by atoms with Gasteiger partial charge in [-0.25, -0.2) is 4.98 Å². The van der Waals surface area contributed by atoms with E-state index in [1.165, 1.54) is 0 Å². The molecule has 0 amide bonds. The fourth-order valence-electron chi connectivity index (χ4n) is 1.03. The molecule has 0 saturated carbocycles. The van der Waals surface area contributed by atoms with Gasteiger partial charge in [-0.05, 0) is 34.7 Å². The van der Waals surface area contributed by atoms with Gasteiger partial charge in [0.25, 0.3) is 0 Å². The normalized spacial score (nSPS) is 10.4. The van der Waals surface area contributed by atoms with Crippen molar-refractivity contribution in [3.8, 4) is 0 Å². The fraction of sp³-hybridized carbons (Fsp3) is 0. The number of hydrogen-bond donors (Lipinski definition) is 1. The van der Waals surface area contributed by atoms with Gasteiger partial charge >= 0.3 is 0 Å². The molecule has 0 spiro atoms. The van der Waals surface area contributed by atoms with E-state index in [1.54, 1.807) is 24.5 Å². The van der Waals surface area contributed by atoms with Crippen molar-refractivity contribution in [2.75, 3.05) is 0 Å². The zero-order chi connectivity index (χ0) is 8.55. The second-order valence-corrected chi connectivity index (χ2v) is 3.53. The molecule has 0 bridgehead atoms. The van der Waals surface area contributed by atoms with E-state index in [-0.39, 0.29) is 5.43 Å². The minimum Gasteiger partial charge on any atom is -0.345 e. The SMILES string of the molecule is O=c1c(I)c[nH]c2ncccc12. The molecule has 0 radical (unpaired) electrons. The number of H-pyrrole nitrogens is 1. The third-order valence-corrected chi connectivity index (χ3v) is 2.41. The number of pyridine rings is 2. The number of nitrogens with one attached hydrogen (secondary N) is 1. The third kappa shape index (κ3) is 1.12. The average molecular weight is 272 g/mol. The summed E-state index contributed by atoms with van der Waals surface area (Å²) in [6.07, 6.45) is 3.32. The maximum absolute atomic E-state index is 11.5. The molecule has 0 aliphatic heterocycles. The molecule has 2 aromatic rings. The summed E-state index contributed by atoms with van der Waals surface area (Å²) in [7, 11) is 0. The first-order valence-electron chi connectivity index (χ1n) is 3.41. The van der Waals surface area contributed by atoms with E-state index in [1.807, 2.05) is 22.6 Å². The Balaban J connectivity index is 3.01. The highest BCUT2D eigenvalue weighted by molar-refractivity contribution is 14.1. The van der Waals surface area contributed by atoms with Crippen LogP contribution in [0.3, 0.4) is 0 Å². The summed E-state index contributed by atoms with van der Waals surface area (Å²) in [5, 5.41) is 0.643. The Bertz CT molecular complexity index is 478. The average Bonchev–Trinajstić information content (AvgIpc) is 2.12. The van der Waals surface area contributed by atoms with Crippen LogP contribution in [0.4, 0.5) is 0 Å². The molecule has 2 aromatic heterocycles. The highest BCUT2D eigenvalue weighted by atomic mass is 127. The molecular formula is C8H5IN2O. The number of nitrogens with zero attached hydrogens (tertiary/aromatic N) is 1. The van der Waals surface area contributed by atoms with Crippen molar-refractivity contribution in [3.63, 3.8) is 0 Å². The van der Waals surface area contributed by atoms with Gasteiger partial charge in [0.2, 0.25) is 5.43 Å². The van der Waals surface area contributed by atoms with Gasteiger partial charge in [-0.2, -0.15) is 0 Å². The van der Waals surface area contributed by atoms with Crippen LogP contribution in [0.15, 0.2) is 29.3 Å². The summed E-state index contributed by atoms with van der Waals surface area (Å²) in [6, 6.07) is 3.52. The summed E-state index contributed by atoms with van der Waals surface area (Å²) in [4.78, 5) is 18.4. The monoisotopic (exact) mass is 272 g/mol. The van der Waals surface area contributed by atoms with Gasteiger partial charge in [-0.3, -0.25) is 4.79 Å². The van der Waals surface area contributed by atoms with E-state index < -0.39 is 0 Å². The van der Waals surface area contributed by atoms with E-state index in [2.05, 4.69) is 9.97 Å². The van der Waals surface area contributed by atoms with Crippen LogP contribution >= 0.6 is 22.6 Å².